The molecule has 1 amide bonds. The van der Waals surface area contributed by atoms with Crippen molar-refractivity contribution in [3.8, 4) is 17.6 Å². The second kappa shape index (κ2) is 9.92. The number of methoxy groups -OCH3 is 1. The molecule has 1 aliphatic heterocycles. The van der Waals surface area contributed by atoms with Crippen molar-refractivity contribution in [1.29, 1.82) is 5.26 Å². The van der Waals surface area contributed by atoms with Gasteiger partial charge in [0.25, 0.3) is 11.7 Å². The first kappa shape index (κ1) is 23.9. The van der Waals surface area contributed by atoms with E-state index in [9.17, 15) is 14.7 Å². The minimum atomic E-state index is -0.981. The summed E-state index contributed by atoms with van der Waals surface area (Å²) in [5.74, 6) is -1.25. The van der Waals surface area contributed by atoms with Crippen molar-refractivity contribution in [3.63, 3.8) is 0 Å². The zero-order valence-corrected chi connectivity index (χ0v) is 19.7. The van der Waals surface area contributed by atoms with Crippen molar-refractivity contribution in [2.75, 3.05) is 18.6 Å². The van der Waals surface area contributed by atoms with E-state index < -0.39 is 17.7 Å². The normalized spacial score (nSPS) is 16.7. The summed E-state index contributed by atoms with van der Waals surface area (Å²) in [4.78, 5) is 27.9. The van der Waals surface area contributed by atoms with E-state index in [0.29, 0.717) is 39.9 Å². The van der Waals surface area contributed by atoms with Crippen LogP contribution in [0.15, 0.2) is 72.3 Å². The number of anilines is 1. The number of rotatable bonds is 6. The third kappa shape index (κ3) is 4.32. The maximum atomic E-state index is 13.3. The molecular formula is C27H21ClN2O5. The molecule has 3 aromatic carbocycles. The van der Waals surface area contributed by atoms with Crippen molar-refractivity contribution in [2.24, 2.45) is 0 Å². The summed E-state index contributed by atoms with van der Waals surface area (Å²) in [6.45, 7) is 2.15. The Hall–Kier alpha value is -4.28. The largest absolute Gasteiger partial charge is 0.507 e. The van der Waals surface area contributed by atoms with Crippen LogP contribution in [-0.2, 0) is 9.59 Å². The van der Waals surface area contributed by atoms with E-state index in [0.717, 1.165) is 0 Å². The van der Waals surface area contributed by atoms with Crippen LogP contribution in [0.5, 0.6) is 11.5 Å². The third-order valence-electron chi connectivity index (χ3n) is 5.66. The maximum absolute atomic E-state index is 13.3. The lowest BCUT2D eigenvalue weighted by atomic mass is 9.94. The Balaban J connectivity index is 1.96. The SMILES string of the molecule is CCOc1cc(/C(O)=C2\C(=O)C(=O)N(c3ccc(C#N)cc3)C2c2ccccc2OC)ccc1Cl. The number of para-hydroxylation sites is 1. The molecule has 1 aliphatic rings. The smallest absolute Gasteiger partial charge is 0.300 e. The molecule has 35 heavy (non-hydrogen) atoms. The molecule has 0 bridgehead atoms. The van der Waals surface area contributed by atoms with Crippen LogP contribution in [0.2, 0.25) is 5.02 Å². The van der Waals surface area contributed by atoms with Gasteiger partial charge >= 0.3 is 0 Å². The van der Waals surface area contributed by atoms with E-state index in [2.05, 4.69) is 0 Å². The highest BCUT2D eigenvalue weighted by molar-refractivity contribution is 6.51. The van der Waals surface area contributed by atoms with Crippen molar-refractivity contribution in [3.05, 3.63) is 94.0 Å². The van der Waals surface area contributed by atoms with Crippen LogP contribution in [0.25, 0.3) is 5.76 Å². The summed E-state index contributed by atoms with van der Waals surface area (Å²) < 4.78 is 11.0. The van der Waals surface area contributed by atoms with Crippen LogP contribution in [-0.4, -0.2) is 30.5 Å². The zero-order chi connectivity index (χ0) is 25.1. The Labute approximate surface area is 207 Å². The summed E-state index contributed by atoms with van der Waals surface area (Å²) in [6, 6.07) is 18.9. The van der Waals surface area contributed by atoms with E-state index in [-0.39, 0.29) is 16.9 Å². The monoisotopic (exact) mass is 488 g/mol. The second-order valence-corrected chi connectivity index (χ2v) is 8.06. The van der Waals surface area contributed by atoms with Gasteiger partial charge in [0.2, 0.25) is 0 Å². The minimum absolute atomic E-state index is 0.103. The molecule has 176 valence electrons. The van der Waals surface area contributed by atoms with Gasteiger partial charge in [0.15, 0.2) is 0 Å². The molecule has 1 N–H and O–H groups in total. The van der Waals surface area contributed by atoms with Crippen LogP contribution in [0.3, 0.4) is 0 Å². The fraction of sp³-hybridized carbons (Fsp3) is 0.148. The van der Waals surface area contributed by atoms with Gasteiger partial charge in [0.05, 0.1) is 42.0 Å². The fourth-order valence-corrected chi connectivity index (χ4v) is 4.23. The Morgan fingerprint density at radius 1 is 1.09 bits per heavy atom. The summed E-state index contributed by atoms with van der Waals surface area (Å²) in [6.07, 6.45) is 0. The first-order valence-corrected chi connectivity index (χ1v) is 11.2. The lowest BCUT2D eigenvalue weighted by molar-refractivity contribution is -0.132. The van der Waals surface area contributed by atoms with Crippen molar-refractivity contribution >= 4 is 34.7 Å². The molecule has 0 aliphatic carbocycles. The molecule has 3 aromatic rings. The van der Waals surface area contributed by atoms with Gasteiger partial charge in [0, 0.05) is 16.8 Å². The van der Waals surface area contributed by atoms with Gasteiger partial charge in [-0.25, -0.2) is 0 Å². The van der Waals surface area contributed by atoms with Gasteiger partial charge < -0.3 is 14.6 Å². The van der Waals surface area contributed by atoms with E-state index in [1.165, 1.54) is 18.1 Å². The van der Waals surface area contributed by atoms with Gasteiger partial charge in [-0.3, -0.25) is 14.5 Å². The molecule has 7 nitrogen and oxygen atoms in total. The highest BCUT2D eigenvalue weighted by Crippen LogP contribution is 2.45. The highest BCUT2D eigenvalue weighted by atomic mass is 35.5. The predicted molar refractivity (Wildman–Crippen MR) is 132 cm³/mol. The van der Waals surface area contributed by atoms with Gasteiger partial charge in [-0.15, -0.1) is 0 Å². The van der Waals surface area contributed by atoms with Crippen LogP contribution in [0.1, 0.15) is 29.7 Å². The van der Waals surface area contributed by atoms with Gasteiger partial charge in [-0.2, -0.15) is 5.26 Å². The average molecular weight is 489 g/mol. The molecule has 0 spiro atoms. The topological polar surface area (TPSA) is 99.9 Å². The van der Waals surface area contributed by atoms with Crippen molar-refractivity contribution < 1.29 is 24.2 Å². The predicted octanol–water partition coefficient (Wildman–Crippen LogP) is 5.25. The van der Waals surface area contributed by atoms with Gasteiger partial charge in [-0.05, 0) is 55.5 Å². The van der Waals surface area contributed by atoms with Crippen molar-refractivity contribution in [1.82, 2.24) is 0 Å². The molecular weight excluding hydrogens is 468 g/mol. The number of aliphatic hydroxyl groups is 1. The number of nitriles is 1. The van der Waals surface area contributed by atoms with E-state index in [1.807, 2.05) is 6.07 Å². The van der Waals surface area contributed by atoms with E-state index in [1.54, 1.807) is 67.6 Å². The van der Waals surface area contributed by atoms with Crippen LogP contribution < -0.4 is 14.4 Å². The molecule has 0 aromatic heterocycles. The van der Waals surface area contributed by atoms with E-state index >= 15 is 0 Å². The Morgan fingerprint density at radius 3 is 2.46 bits per heavy atom. The molecule has 1 unspecified atom stereocenters. The number of amides is 1. The van der Waals surface area contributed by atoms with Gasteiger partial charge in [-0.1, -0.05) is 29.8 Å². The summed E-state index contributed by atoms with van der Waals surface area (Å²) >= 11 is 6.19. The molecule has 0 radical (unpaired) electrons. The van der Waals surface area contributed by atoms with Crippen molar-refractivity contribution in [2.45, 2.75) is 13.0 Å². The summed E-state index contributed by atoms with van der Waals surface area (Å²) in [5.41, 5.74) is 1.49. The number of aliphatic hydroxyl groups excluding tert-OH is 1. The lowest BCUT2D eigenvalue weighted by Crippen LogP contribution is -2.29. The quantitative estimate of drug-likeness (QED) is 0.289. The molecule has 1 heterocycles. The van der Waals surface area contributed by atoms with E-state index in [4.69, 9.17) is 26.3 Å². The molecule has 1 saturated heterocycles. The molecule has 0 saturated carbocycles. The number of halogens is 1. The Morgan fingerprint density at radius 2 is 1.80 bits per heavy atom. The standard InChI is InChI=1S/C27H21ClN2O5/c1-3-35-22-14-17(10-13-20(22)28)25(31)23-24(19-6-4-5-7-21(19)34-2)30(27(33)26(23)32)18-11-8-16(15-29)9-12-18/h4-14,24,31H,3H2,1-2H3/b25-23+. The Bertz CT molecular complexity index is 1380. The number of benzene rings is 3. The van der Waals surface area contributed by atoms with Crippen LogP contribution in [0.4, 0.5) is 5.69 Å². The maximum Gasteiger partial charge on any atom is 0.300 e. The number of hydrogen-bond acceptors (Lipinski definition) is 6. The van der Waals surface area contributed by atoms with Gasteiger partial charge in [0.1, 0.15) is 17.3 Å². The average Bonchev–Trinajstić information content (AvgIpc) is 3.15. The third-order valence-corrected chi connectivity index (χ3v) is 5.97. The summed E-state index contributed by atoms with van der Waals surface area (Å²) in [5, 5.41) is 20.8. The first-order chi connectivity index (χ1) is 16.9. The van der Waals surface area contributed by atoms with Crippen LogP contribution in [0, 0.1) is 11.3 Å². The molecule has 8 heteroatoms. The molecule has 4 rings (SSSR count). The summed E-state index contributed by atoms with van der Waals surface area (Å²) in [7, 11) is 1.49. The number of Topliss-reactive ketones (excluding diaryl/α,β-unsaturated/α-hetero) is 1. The zero-order valence-electron chi connectivity index (χ0n) is 19.0. The fourth-order valence-electron chi connectivity index (χ4n) is 4.05. The first-order valence-electron chi connectivity index (χ1n) is 10.8. The lowest BCUT2D eigenvalue weighted by Gasteiger charge is -2.26. The number of carbonyl (C=O) groups is 2. The number of hydrogen-bond donors (Lipinski definition) is 1. The molecule has 1 fully saturated rings. The second-order valence-electron chi connectivity index (χ2n) is 7.65. The highest BCUT2D eigenvalue weighted by Gasteiger charge is 2.48. The molecule has 1 atom stereocenters. The number of nitrogens with zero attached hydrogens (tertiary/aromatic N) is 2. The number of ketones is 1. The Kier molecular flexibility index (Phi) is 6.76. The van der Waals surface area contributed by atoms with Crippen LogP contribution >= 0.6 is 11.6 Å². The number of carbonyl (C=O) groups excluding carboxylic acids is 2. The minimum Gasteiger partial charge on any atom is -0.507 e. The number of ether oxygens (including phenoxy) is 2.